The van der Waals surface area contributed by atoms with Crippen LogP contribution in [0.4, 0.5) is 17.6 Å². The molecule has 2 amide bonds. The van der Waals surface area contributed by atoms with Gasteiger partial charge in [-0.15, -0.1) is 0 Å². The van der Waals surface area contributed by atoms with Crippen LogP contribution in [-0.4, -0.2) is 35.0 Å². The molecule has 1 aromatic heterocycles. The molecule has 0 radical (unpaired) electrons. The fraction of sp³-hybridized carbons (Fsp3) is 0.462. The molecule has 1 aromatic carbocycles. The van der Waals surface area contributed by atoms with E-state index in [2.05, 4.69) is 10.6 Å². The molecule has 2 N–H and O–H groups in total. The number of thiocarbonyl (C=S) groups is 1. The number of halogens is 4. The Morgan fingerprint density at radius 2 is 1.81 bits per heavy atom. The van der Waals surface area contributed by atoms with Gasteiger partial charge in [0.2, 0.25) is 5.91 Å². The maximum Gasteiger partial charge on any atom is 0.417 e. The van der Waals surface area contributed by atoms with Gasteiger partial charge < -0.3 is 15.1 Å². The highest BCUT2D eigenvalue weighted by molar-refractivity contribution is 7.78. The SMILES string of the molecule is CC(C)C[C@H](NC(=O)c1c(F)cccc1C(F)(F)F)C(=O)N[C@@H](CCCC=S)C(=O)CCc1ccco1. The van der Waals surface area contributed by atoms with E-state index < -0.39 is 47.0 Å². The van der Waals surface area contributed by atoms with Gasteiger partial charge in [-0.05, 0) is 61.2 Å². The summed E-state index contributed by atoms with van der Waals surface area (Å²) in [6, 6.07) is 3.41. The van der Waals surface area contributed by atoms with Gasteiger partial charge >= 0.3 is 6.18 Å². The van der Waals surface area contributed by atoms with E-state index in [4.69, 9.17) is 16.6 Å². The van der Waals surface area contributed by atoms with Crippen LogP contribution in [0.2, 0.25) is 0 Å². The summed E-state index contributed by atoms with van der Waals surface area (Å²) in [6.07, 6.45) is -1.69. The standard InChI is InChI=1S/C26H30F4N2O4S/c1-16(2)15-21(32-25(35)23-18(26(28,29)30)8-5-9-19(23)27)24(34)31-20(10-3-4-14-37)22(33)12-11-17-7-6-13-36-17/h5-9,13-14,16,20-21H,3-4,10-12,15H2,1-2H3,(H,31,34)(H,32,35)/t20-,21-/m0/s1. The first-order valence-electron chi connectivity index (χ1n) is 11.9. The summed E-state index contributed by atoms with van der Waals surface area (Å²) in [5.74, 6) is -3.29. The Labute approximate surface area is 218 Å². The van der Waals surface area contributed by atoms with Crippen LogP contribution in [0.15, 0.2) is 41.0 Å². The molecule has 6 nitrogen and oxygen atoms in total. The monoisotopic (exact) mass is 542 g/mol. The molecule has 0 aliphatic carbocycles. The average Bonchev–Trinajstić information content (AvgIpc) is 3.34. The van der Waals surface area contributed by atoms with Gasteiger partial charge in [0.15, 0.2) is 5.78 Å². The molecule has 37 heavy (non-hydrogen) atoms. The van der Waals surface area contributed by atoms with Crippen LogP contribution in [0.1, 0.15) is 67.6 Å². The summed E-state index contributed by atoms with van der Waals surface area (Å²) in [7, 11) is 0. The summed E-state index contributed by atoms with van der Waals surface area (Å²) >= 11 is 4.82. The van der Waals surface area contributed by atoms with Crippen LogP contribution in [0, 0.1) is 11.7 Å². The molecule has 0 spiro atoms. The molecule has 1 heterocycles. The van der Waals surface area contributed by atoms with Gasteiger partial charge in [0.25, 0.3) is 5.91 Å². The minimum atomic E-state index is -4.97. The van der Waals surface area contributed by atoms with Gasteiger partial charge in [-0.25, -0.2) is 4.39 Å². The smallest absolute Gasteiger partial charge is 0.417 e. The Balaban J connectivity index is 2.22. The number of hydrogen-bond acceptors (Lipinski definition) is 5. The first-order chi connectivity index (χ1) is 17.4. The van der Waals surface area contributed by atoms with Gasteiger partial charge in [0.1, 0.15) is 17.6 Å². The van der Waals surface area contributed by atoms with Crippen molar-refractivity contribution in [3.63, 3.8) is 0 Å². The molecule has 2 atom stereocenters. The number of rotatable bonds is 14. The zero-order chi connectivity index (χ0) is 27.6. The highest BCUT2D eigenvalue weighted by Crippen LogP contribution is 2.33. The van der Waals surface area contributed by atoms with Crippen molar-refractivity contribution in [2.24, 2.45) is 5.92 Å². The van der Waals surface area contributed by atoms with Gasteiger partial charge in [-0.1, -0.05) is 32.1 Å². The number of furan rings is 1. The third-order valence-electron chi connectivity index (χ3n) is 5.59. The first kappa shape index (κ1) is 30.1. The van der Waals surface area contributed by atoms with Crippen LogP contribution in [0.5, 0.6) is 0 Å². The molecule has 0 aliphatic heterocycles. The lowest BCUT2D eigenvalue weighted by Gasteiger charge is -2.24. The van der Waals surface area contributed by atoms with E-state index in [1.807, 2.05) is 0 Å². The van der Waals surface area contributed by atoms with Crippen molar-refractivity contribution >= 4 is 35.2 Å². The number of nitrogens with one attached hydrogen (secondary N) is 2. The number of amides is 2. The molecular weight excluding hydrogens is 512 g/mol. The van der Waals surface area contributed by atoms with E-state index in [1.165, 1.54) is 11.6 Å². The van der Waals surface area contributed by atoms with Gasteiger partial charge in [0.05, 0.1) is 23.4 Å². The summed E-state index contributed by atoms with van der Waals surface area (Å²) in [5.41, 5.74) is -2.64. The highest BCUT2D eigenvalue weighted by Gasteiger charge is 2.38. The topological polar surface area (TPSA) is 88.4 Å². The third-order valence-corrected chi connectivity index (χ3v) is 5.83. The van der Waals surface area contributed by atoms with Crippen molar-refractivity contribution in [3.05, 3.63) is 59.3 Å². The number of hydrogen-bond donors (Lipinski definition) is 2. The molecule has 0 saturated heterocycles. The minimum absolute atomic E-state index is 0.0562. The lowest BCUT2D eigenvalue weighted by Crippen LogP contribution is -2.52. The van der Waals surface area contributed by atoms with Gasteiger partial charge in [0, 0.05) is 12.8 Å². The molecule has 0 unspecified atom stereocenters. The van der Waals surface area contributed by atoms with E-state index >= 15 is 0 Å². The normalized spacial score (nSPS) is 13.2. The predicted molar refractivity (Wildman–Crippen MR) is 134 cm³/mol. The largest absolute Gasteiger partial charge is 0.469 e. The van der Waals surface area contributed by atoms with Gasteiger partial charge in [-0.2, -0.15) is 13.2 Å². The Kier molecular flexibility index (Phi) is 11.4. The van der Waals surface area contributed by atoms with Crippen molar-refractivity contribution in [3.8, 4) is 0 Å². The second-order valence-corrected chi connectivity index (χ2v) is 9.35. The summed E-state index contributed by atoms with van der Waals surface area (Å²) in [4.78, 5) is 38.8. The van der Waals surface area contributed by atoms with E-state index in [9.17, 15) is 31.9 Å². The maximum absolute atomic E-state index is 14.3. The summed E-state index contributed by atoms with van der Waals surface area (Å²) in [5, 5.41) is 6.39. The number of carbonyl (C=O) groups is 3. The fourth-order valence-electron chi connectivity index (χ4n) is 3.79. The van der Waals surface area contributed by atoms with E-state index in [1.54, 1.807) is 26.0 Å². The van der Waals surface area contributed by atoms with E-state index in [0.717, 1.165) is 12.1 Å². The second-order valence-electron chi connectivity index (χ2n) is 9.02. The molecule has 0 fully saturated rings. The molecule has 0 saturated carbocycles. The highest BCUT2D eigenvalue weighted by atomic mass is 32.1. The average molecular weight is 543 g/mol. The number of ketones is 1. The van der Waals surface area contributed by atoms with Gasteiger partial charge in [-0.3, -0.25) is 14.4 Å². The Morgan fingerprint density at radius 1 is 1.08 bits per heavy atom. The summed E-state index contributed by atoms with van der Waals surface area (Å²) < 4.78 is 59.7. The van der Waals surface area contributed by atoms with Crippen LogP contribution < -0.4 is 10.6 Å². The molecule has 2 aromatic rings. The minimum Gasteiger partial charge on any atom is -0.469 e. The lowest BCUT2D eigenvalue weighted by molar-refractivity contribution is -0.138. The second kappa shape index (κ2) is 14.0. The third kappa shape index (κ3) is 9.38. The zero-order valence-electron chi connectivity index (χ0n) is 20.6. The van der Waals surface area contributed by atoms with Crippen LogP contribution >= 0.6 is 12.2 Å². The van der Waals surface area contributed by atoms with Crippen LogP contribution in [-0.2, 0) is 22.2 Å². The Morgan fingerprint density at radius 3 is 2.41 bits per heavy atom. The van der Waals surface area contributed by atoms with Crippen molar-refractivity contribution in [2.45, 2.75) is 70.6 Å². The molecule has 2 rings (SSSR count). The molecular formula is C26H30F4N2O4S. The fourth-order valence-corrected chi connectivity index (χ4v) is 3.96. The zero-order valence-corrected chi connectivity index (χ0v) is 21.4. The van der Waals surface area contributed by atoms with E-state index in [0.29, 0.717) is 31.1 Å². The molecule has 202 valence electrons. The number of unbranched alkanes of at least 4 members (excludes halogenated alkanes) is 1. The molecule has 0 bridgehead atoms. The van der Waals surface area contributed by atoms with Crippen molar-refractivity contribution in [1.82, 2.24) is 10.6 Å². The first-order valence-corrected chi connectivity index (χ1v) is 12.4. The number of aryl methyl sites for hydroxylation is 1. The number of Topliss-reactive ketones (excluding diaryl/α,β-unsaturated/α-hetero) is 1. The quantitative estimate of drug-likeness (QED) is 0.189. The maximum atomic E-state index is 14.3. The number of benzene rings is 1. The lowest BCUT2D eigenvalue weighted by atomic mass is 9.98. The van der Waals surface area contributed by atoms with E-state index in [-0.39, 0.29) is 31.0 Å². The van der Waals surface area contributed by atoms with Crippen LogP contribution in [0.25, 0.3) is 0 Å². The Hall–Kier alpha value is -3.08. The van der Waals surface area contributed by atoms with Crippen molar-refractivity contribution in [2.75, 3.05) is 0 Å². The molecule has 0 aliphatic rings. The summed E-state index contributed by atoms with van der Waals surface area (Å²) in [6.45, 7) is 3.50. The van der Waals surface area contributed by atoms with Crippen molar-refractivity contribution in [1.29, 1.82) is 0 Å². The number of alkyl halides is 3. The Bertz CT molecular complexity index is 1070. The number of carbonyl (C=O) groups excluding carboxylic acids is 3. The predicted octanol–water partition coefficient (Wildman–Crippen LogP) is 5.44. The van der Waals surface area contributed by atoms with Crippen molar-refractivity contribution < 1.29 is 36.4 Å². The molecule has 11 heteroatoms. The van der Waals surface area contributed by atoms with Crippen LogP contribution in [0.3, 0.4) is 0 Å².